The second-order valence-corrected chi connectivity index (χ2v) is 3.58. The summed E-state index contributed by atoms with van der Waals surface area (Å²) >= 11 is 3.19. The molecule has 1 aliphatic rings. The molecule has 1 aromatic heterocycles. The fourth-order valence-electron chi connectivity index (χ4n) is 1.44. The molecule has 0 aliphatic carbocycles. The molecule has 3 nitrogen and oxygen atoms in total. The molecule has 0 spiro atoms. The Balaban J connectivity index is 2.08. The molecule has 66 valence electrons. The minimum atomic E-state index is 0.498. The fourth-order valence-corrected chi connectivity index (χ4v) is 1.72. The van der Waals surface area contributed by atoms with Gasteiger partial charge in [0.15, 0.2) is 0 Å². The van der Waals surface area contributed by atoms with E-state index < -0.39 is 0 Å². The van der Waals surface area contributed by atoms with Crippen molar-refractivity contribution in [3.8, 4) is 0 Å². The van der Waals surface area contributed by atoms with Gasteiger partial charge in [0.05, 0.1) is 6.20 Å². The van der Waals surface area contributed by atoms with Crippen molar-refractivity contribution in [3.05, 3.63) is 16.8 Å². The lowest BCUT2D eigenvalue weighted by atomic mass is 9.98. The Morgan fingerprint density at radius 2 is 2.17 bits per heavy atom. The number of rotatable bonds is 1. The molecule has 2 rings (SSSR count). The number of hydrogen-bond acceptors (Lipinski definition) is 3. The monoisotopic (exact) mass is 231 g/mol. The Morgan fingerprint density at radius 1 is 1.42 bits per heavy atom. The van der Waals surface area contributed by atoms with E-state index >= 15 is 0 Å². The van der Waals surface area contributed by atoms with Crippen molar-refractivity contribution in [3.63, 3.8) is 0 Å². The van der Waals surface area contributed by atoms with Crippen molar-refractivity contribution < 1.29 is 9.15 Å². The van der Waals surface area contributed by atoms with Gasteiger partial charge >= 0.3 is 0 Å². The van der Waals surface area contributed by atoms with Crippen LogP contribution in [-0.4, -0.2) is 18.2 Å². The third-order valence-corrected chi connectivity index (χ3v) is 2.49. The average molecular weight is 232 g/mol. The van der Waals surface area contributed by atoms with E-state index in [1.54, 1.807) is 6.20 Å². The highest BCUT2D eigenvalue weighted by molar-refractivity contribution is 9.10. The van der Waals surface area contributed by atoms with Gasteiger partial charge in [0.25, 0.3) is 4.80 Å². The third-order valence-electron chi connectivity index (χ3n) is 2.12. The number of aromatic nitrogens is 1. The summed E-state index contributed by atoms with van der Waals surface area (Å²) in [7, 11) is 0. The van der Waals surface area contributed by atoms with E-state index in [1.165, 1.54) is 0 Å². The van der Waals surface area contributed by atoms with E-state index in [-0.39, 0.29) is 0 Å². The molecule has 4 heteroatoms. The quantitative estimate of drug-likeness (QED) is 0.745. The van der Waals surface area contributed by atoms with Gasteiger partial charge < -0.3 is 9.15 Å². The first-order valence-electron chi connectivity index (χ1n) is 4.05. The number of hydrogen-bond donors (Lipinski definition) is 0. The maximum absolute atomic E-state index is 5.37. The molecule has 0 bridgehead atoms. The van der Waals surface area contributed by atoms with E-state index in [2.05, 4.69) is 20.9 Å². The number of nitrogens with zero attached hydrogens (tertiary/aromatic N) is 1. The van der Waals surface area contributed by atoms with Crippen molar-refractivity contribution in [2.45, 2.75) is 18.8 Å². The molecule has 2 heterocycles. The van der Waals surface area contributed by atoms with Gasteiger partial charge in [-0.1, -0.05) is 0 Å². The molecular weight excluding hydrogens is 222 g/mol. The predicted octanol–water partition coefficient (Wildman–Crippen LogP) is 2.33. The van der Waals surface area contributed by atoms with Crippen LogP contribution < -0.4 is 0 Å². The summed E-state index contributed by atoms with van der Waals surface area (Å²) in [5.74, 6) is 1.47. The molecule has 0 radical (unpaired) electrons. The zero-order valence-electron chi connectivity index (χ0n) is 6.62. The molecule has 0 atom stereocenters. The van der Waals surface area contributed by atoms with Gasteiger partial charge in [0.1, 0.15) is 5.76 Å². The topological polar surface area (TPSA) is 35.3 Å². The average Bonchev–Trinajstić information content (AvgIpc) is 2.54. The van der Waals surface area contributed by atoms with Gasteiger partial charge in [-0.3, -0.25) is 0 Å². The molecule has 0 unspecified atom stereocenters. The van der Waals surface area contributed by atoms with Crippen LogP contribution in [0.25, 0.3) is 0 Å². The van der Waals surface area contributed by atoms with Crippen molar-refractivity contribution in [2.75, 3.05) is 13.2 Å². The van der Waals surface area contributed by atoms with Gasteiger partial charge in [-0.05, 0) is 12.8 Å². The summed E-state index contributed by atoms with van der Waals surface area (Å²) in [4.78, 5) is 4.57. The summed E-state index contributed by atoms with van der Waals surface area (Å²) in [6.07, 6.45) is 3.88. The zero-order chi connectivity index (χ0) is 8.39. The summed E-state index contributed by atoms with van der Waals surface area (Å²) in [5.41, 5.74) is 0. The Kier molecular flexibility index (Phi) is 2.46. The highest BCUT2D eigenvalue weighted by Gasteiger charge is 2.19. The zero-order valence-corrected chi connectivity index (χ0v) is 8.21. The first kappa shape index (κ1) is 8.26. The maximum Gasteiger partial charge on any atom is 0.264 e. The lowest BCUT2D eigenvalue weighted by molar-refractivity contribution is 0.0804. The Bertz CT molecular complexity index is 255. The lowest BCUT2D eigenvalue weighted by Gasteiger charge is -2.19. The Labute approximate surface area is 79.2 Å². The third kappa shape index (κ3) is 1.69. The summed E-state index contributed by atoms with van der Waals surface area (Å²) in [6.45, 7) is 1.67. The Hall–Kier alpha value is -0.350. The molecular formula is C8H10BrNO2. The van der Waals surface area contributed by atoms with Gasteiger partial charge in [0, 0.05) is 35.1 Å². The van der Waals surface area contributed by atoms with Crippen LogP contribution in [0.3, 0.4) is 0 Å². The standard InChI is InChI=1S/C8H10BrNO2/c9-8-10-5-7(12-8)6-1-3-11-4-2-6/h5-6H,1-4H2. The van der Waals surface area contributed by atoms with Gasteiger partial charge in [-0.2, -0.15) is 0 Å². The number of oxazole rings is 1. The van der Waals surface area contributed by atoms with Crippen LogP contribution >= 0.6 is 15.9 Å². The highest BCUT2D eigenvalue weighted by Crippen LogP contribution is 2.28. The van der Waals surface area contributed by atoms with E-state index in [9.17, 15) is 0 Å². The van der Waals surface area contributed by atoms with Crippen LogP contribution in [0.2, 0.25) is 0 Å². The Morgan fingerprint density at radius 3 is 2.75 bits per heavy atom. The predicted molar refractivity (Wildman–Crippen MR) is 47.0 cm³/mol. The van der Waals surface area contributed by atoms with Crippen molar-refractivity contribution in [1.29, 1.82) is 0 Å². The summed E-state index contributed by atoms with van der Waals surface area (Å²) in [5, 5.41) is 0. The molecule has 0 aromatic carbocycles. The first-order chi connectivity index (χ1) is 5.86. The maximum atomic E-state index is 5.37. The first-order valence-corrected chi connectivity index (χ1v) is 4.84. The minimum absolute atomic E-state index is 0.498. The fraction of sp³-hybridized carbons (Fsp3) is 0.625. The highest BCUT2D eigenvalue weighted by atomic mass is 79.9. The van der Waals surface area contributed by atoms with Gasteiger partial charge in [0.2, 0.25) is 0 Å². The molecule has 0 amide bonds. The van der Waals surface area contributed by atoms with Gasteiger partial charge in [-0.25, -0.2) is 4.98 Å². The minimum Gasteiger partial charge on any atom is -0.436 e. The molecule has 1 saturated heterocycles. The summed E-state index contributed by atoms with van der Waals surface area (Å²) < 4.78 is 10.6. The SMILES string of the molecule is Brc1ncc(C2CCOCC2)o1. The van der Waals surface area contributed by atoms with Crippen molar-refractivity contribution in [1.82, 2.24) is 4.98 Å². The van der Waals surface area contributed by atoms with E-state index in [0.717, 1.165) is 31.8 Å². The lowest BCUT2D eigenvalue weighted by Crippen LogP contribution is -2.13. The van der Waals surface area contributed by atoms with Crippen LogP contribution in [0, 0.1) is 0 Å². The molecule has 0 saturated carbocycles. The smallest absolute Gasteiger partial charge is 0.264 e. The van der Waals surface area contributed by atoms with E-state index in [1.807, 2.05) is 0 Å². The molecule has 0 N–H and O–H groups in total. The van der Waals surface area contributed by atoms with Crippen molar-refractivity contribution in [2.24, 2.45) is 0 Å². The normalized spacial score (nSPS) is 19.8. The van der Waals surface area contributed by atoms with E-state index in [0.29, 0.717) is 10.7 Å². The van der Waals surface area contributed by atoms with Crippen LogP contribution in [0.15, 0.2) is 15.4 Å². The molecule has 1 fully saturated rings. The second kappa shape index (κ2) is 3.58. The van der Waals surface area contributed by atoms with Crippen LogP contribution in [0.4, 0.5) is 0 Å². The second-order valence-electron chi connectivity index (χ2n) is 2.90. The molecule has 1 aliphatic heterocycles. The number of ether oxygens (including phenoxy) is 1. The largest absolute Gasteiger partial charge is 0.436 e. The van der Waals surface area contributed by atoms with Crippen LogP contribution in [0.1, 0.15) is 24.5 Å². The van der Waals surface area contributed by atoms with Crippen molar-refractivity contribution >= 4 is 15.9 Å². The molecule has 1 aromatic rings. The van der Waals surface area contributed by atoms with E-state index in [4.69, 9.17) is 9.15 Å². The van der Waals surface area contributed by atoms with Crippen LogP contribution in [0.5, 0.6) is 0 Å². The van der Waals surface area contributed by atoms with Crippen LogP contribution in [-0.2, 0) is 4.74 Å². The van der Waals surface area contributed by atoms with Gasteiger partial charge in [-0.15, -0.1) is 0 Å². The summed E-state index contributed by atoms with van der Waals surface area (Å²) in [6, 6.07) is 0. The molecule has 12 heavy (non-hydrogen) atoms. The number of halogens is 1.